The molecule has 0 atom stereocenters. The smallest absolute Gasteiger partial charge is 0.360 e. The zero-order valence-electron chi connectivity index (χ0n) is 8.88. The van der Waals surface area contributed by atoms with Crippen LogP contribution in [0.5, 0.6) is 0 Å². The second-order valence-corrected chi connectivity index (χ2v) is 2.90. The molecule has 0 aliphatic heterocycles. The van der Waals surface area contributed by atoms with Crippen LogP contribution >= 0.6 is 0 Å². The van der Waals surface area contributed by atoms with Gasteiger partial charge in [0.15, 0.2) is 5.71 Å². The lowest BCUT2D eigenvalue weighted by atomic mass is 10.1. The van der Waals surface area contributed by atoms with Crippen molar-refractivity contribution in [2.45, 2.75) is 0 Å². The monoisotopic (exact) mass is 232 g/mol. The first kappa shape index (κ1) is 12.4. The van der Waals surface area contributed by atoms with Crippen LogP contribution < -0.4 is 0 Å². The molecule has 0 radical (unpaired) electrons. The fourth-order valence-electron chi connectivity index (χ4n) is 1.13. The molecule has 86 valence electrons. The van der Waals surface area contributed by atoms with Gasteiger partial charge in [-0.3, -0.25) is 10.2 Å². The molecule has 7 nitrogen and oxygen atoms in total. The minimum atomic E-state index is -1.04. The summed E-state index contributed by atoms with van der Waals surface area (Å²) in [4.78, 5) is 25.3. The Hall–Kier alpha value is -2.66. The number of hydrogen-bond acceptors (Lipinski definition) is 5. The van der Waals surface area contributed by atoms with Crippen LogP contribution in [0.1, 0.15) is 10.4 Å². The van der Waals surface area contributed by atoms with Crippen LogP contribution in [0.3, 0.4) is 0 Å². The Bertz CT molecular complexity index is 532. The Labute approximate surface area is 96.1 Å². The van der Waals surface area contributed by atoms with Crippen LogP contribution in [0.15, 0.2) is 29.4 Å². The minimum Gasteiger partial charge on any atom is -0.464 e. The molecule has 0 bridgehead atoms. The zero-order valence-corrected chi connectivity index (χ0v) is 8.88. The number of Topliss-reactive ketones (excluding diaryl/α,β-unsaturated/α-hetero) is 1. The van der Waals surface area contributed by atoms with Crippen molar-refractivity contribution < 1.29 is 14.3 Å². The molecule has 7 heteroatoms. The van der Waals surface area contributed by atoms with Crippen molar-refractivity contribution in [3.8, 4) is 0 Å². The molecule has 1 rings (SSSR count). The van der Waals surface area contributed by atoms with Gasteiger partial charge < -0.3 is 4.74 Å². The van der Waals surface area contributed by atoms with Crippen molar-refractivity contribution in [2.75, 3.05) is 7.11 Å². The number of carbonyl (C=O) groups is 2. The summed E-state index contributed by atoms with van der Waals surface area (Å²) in [6, 6.07) is 5.89. The molecule has 17 heavy (non-hydrogen) atoms. The van der Waals surface area contributed by atoms with Crippen LogP contribution in [-0.2, 0) is 9.53 Å². The molecule has 0 unspecified atom stereocenters. The van der Waals surface area contributed by atoms with Gasteiger partial charge in [-0.2, -0.15) is 0 Å². The normalized spacial score (nSPS) is 9.00. The van der Waals surface area contributed by atoms with Crippen LogP contribution in [0.4, 0.5) is 5.69 Å². The molecule has 1 N–H and O–H groups in total. The number of esters is 1. The van der Waals surface area contributed by atoms with Crippen LogP contribution in [-0.4, -0.2) is 24.6 Å². The van der Waals surface area contributed by atoms with E-state index in [-0.39, 0.29) is 11.3 Å². The Morgan fingerprint density at radius 2 is 2.06 bits per heavy atom. The quantitative estimate of drug-likeness (QED) is 0.163. The molecule has 0 aliphatic carbocycles. The summed E-state index contributed by atoms with van der Waals surface area (Å²) in [5, 5.41) is 10.6. The highest BCUT2D eigenvalue weighted by atomic mass is 16.5. The largest absolute Gasteiger partial charge is 0.464 e. The summed E-state index contributed by atoms with van der Waals surface area (Å²) < 4.78 is 4.27. The lowest BCUT2D eigenvalue weighted by Gasteiger charge is -2.03. The van der Waals surface area contributed by atoms with Crippen molar-refractivity contribution in [2.24, 2.45) is 5.11 Å². The molecule has 0 fully saturated rings. The van der Waals surface area contributed by atoms with E-state index in [2.05, 4.69) is 14.8 Å². The third kappa shape index (κ3) is 2.67. The maximum atomic E-state index is 11.7. The average molecular weight is 232 g/mol. The number of nitrogens with zero attached hydrogens (tertiary/aromatic N) is 3. The number of hydrogen-bond donors (Lipinski definition) is 1. The van der Waals surface area contributed by atoms with Gasteiger partial charge >= 0.3 is 5.97 Å². The number of nitrogens with one attached hydrogen (secondary N) is 1. The van der Waals surface area contributed by atoms with Gasteiger partial charge in [0.2, 0.25) is 5.78 Å². The molecule has 0 amide bonds. The molecule has 0 aliphatic rings. The highest BCUT2D eigenvalue weighted by molar-refractivity contribution is 6.67. The Morgan fingerprint density at radius 1 is 1.41 bits per heavy atom. The lowest BCUT2D eigenvalue weighted by Crippen LogP contribution is -2.24. The average Bonchev–Trinajstić information content (AvgIpc) is 2.37. The minimum absolute atomic E-state index is 0.0132. The van der Waals surface area contributed by atoms with Gasteiger partial charge in [0, 0.05) is 16.2 Å². The second-order valence-electron chi connectivity index (χ2n) is 2.90. The summed E-state index contributed by atoms with van der Waals surface area (Å²) >= 11 is 0. The Balaban J connectivity index is 3.17. The van der Waals surface area contributed by atoms with E-state index < -0.39 is 17.5 Å². The van der Waals surface area contributed by atoms with Gasteiger partial charge in [0.1, 0.15) is 0 Å². The highest BCUT2D eigenvalue weighted by Gasteiger charge is 2.22. The molecule has 0 aromatic heterocycles. The first-order valence-electron chi connectivity index (χ1n) is 4.47. The number of carbonyl (C=O) groups excluding carboxylic acids is 2. The van der Waals surface area contributed by atoms with Crippen LogP contribution in [0, 0.1) is 5.41 Å². The predicted molar refractivity (Wildman–Crippen MR) is 59.3 cm³/mol. The van der Waals surface area contributed by atoms with E-state index in [9.17, 15) is 9.59 Å². The van der Waals surface area contributed by atoms with Gasteiger partial charge in [0.05, 0.1) is 7.11 Å². The Morgan fingerprint density at radius 3 is 2.65 bits per heavy atom. The van der Waals surface area contributed by atoms with Gasteiger partial charge in [-0.15, -0.1) is 0 Å². The topological polar surface area (TPSA) is 116 Å². The van der Waals surface area contributed by atoms with E-state index in [0.29, 0.717) is 0 Å². The van der Waals surface area contributed by atoms with Crippen molar-refractivity contribution in [3.05, 3.63) is 40.3 Å². The van der Waals surface area contributed by atoms with Crippen molar-refractivity contribution in [1.82, 2.24) is 0 Å². The van der Waals surface area contributed by atoms with Crippen LogP contribution in [0.2, 0.25) is 0 Å². The van der Waals surface area contributed by atoms with E-state index in [1.54, 1.807) is 6.07 Å². The zero-order chi connectivity index (χ0) is 12.8. The number of rotatable bonds is 4. The fraction of sp³-hybridized carbons (Fsp3) is 0.100. The maximum Gasteiger partial charge on any atom is 0.360 e. The SMILES string of the molecule is COC(=O)C(=N)C(=O)c1ccccc1N=[N+]=[N-]. The molecule has 1 aromatic carbocycles. The highest BCUT2D eigenvalue weighted by Crippen LogP contribution is 2.19. The van der Waals surface area contributed by atoms with E-state index in [1.165, 1.54) is 18.2 Å². The molecular formula is C10H8N4O3. The number of ketones is 1. The van der Waals surface area contributed by atoms with Gasteiger partial charge in [-0.1, -0.05) is 29.4 Å². The van der Waals surface area contributed by atoms with Gasteiger partial charge in [0.25, 0.3) is 0 Å². The van der Waals surface area contributed by atoms with Gasteiger partial charge in [-0.25, -0.2) is 4.79 Å². The maximum absolute atomic E-state index is 11.7. The molecule has 0 saturated carbocycles. The summed E-state index contributed by atoms with van der Waals surface area (Å²) in [6.45, 7) is 0. The fourth-order valence-corrected chi connectivity index (χ4v) is 1.13. The van der Waals surface area contributed by atoms with Crippen molar-refractivity contribution >= 4 is 23.2 Å². The number of azide groups is 1. The molecule has 1 aromatic rings. The number of ether oxygens (including phenoxy) is 1. The second kappa shape index (κ2) is 5.43. The third-order valence-electron chi connectivity index (χ3n) is 1.92. The molecular weight excluding hydrogens is 224 g/mol. The summed E-state index contributed by atoms with van der Waals surface area (Å²) in [5.41, 5.74) is 7.56. The molecule has 0 heterocycles. The molecule has 0 saturated heterocycles. The summed E-state index contributed by atoms with van der Waals surface area (Å²) in [5.74, 6) is -1.88. The van der Waals surface area contributed by atoms with E-state index in [0.717, 1.165) is 7.11 Å². The van der Waals surface area contributed by atoms with Gasteiger partial charge in [-0.05, 0) is 5.53 Å². The van der Waals surface area contributed by atoms with Crippen molar-refractivity contribution in [1.29, 1.82) is 5.41 Å². The van der Waals surface area contributed by atoms with E-state index in [4.69, 9.17) is 10.9 Å². The number of methoxy groups -OCH3 is 1. The first-order chi connectivity index (χ1) is 8.11. The van der Waals surface area contributed by atoms with Crippen molar-refractivity contribution in [3.63, 3.8) is 0 Å². The van der Waals surface area contributed by atoms with E-state index >= 15 is 0 Å². The summed E-state index contributed by atoms with van der Waals surface area (Å²) in [6.07, 6.45) is 0. The lowest BCUT2D eigenvalue weighted by molar-refractivity contribution is -0.132. The summed E-state index contributed by atoms with van der Waals surface area (Å²) in [7, 11) is 1.07. The molecule has 0 spiro atoms. The number of benzene rings is 1. The first-order valence-corrected chi connectivity index (χ1v) is 4.47. The standard InChI is InChI=1S/C10H8N4O3/c1-17-10(16)8(11)9(15)6-4-2-3-5-7(6)13-14-12/h2-5,11H,1H3. The Kier molecular flexibility index (Phi) is 3.96. The van der Waals surface area contributed by atoms with Crippen LogP contribution in [0.25, 0.3) is 10.4 Å². The predicted octanol–water partition coefficient (Wildman–Crippen LogP) is 2.00. The van der Waals surface area contributed by atoms with E-state index in [1.807, 2.05) is 0 Å². The third-order valence-corrected chi connectivity index (χ3v) is 1.92.